The lowest BCUT2D eigenvalue weighted by molar-refractivity contribution is -0.167. The zero-order chi connectivity index (χ0) is 52.2. The minimum absolute atomic E-state index is 0.0703. The molecule has 0 aliphatic rings. The first-order chi connectivity index (χ1) is 35.5. The first-order valence-electron chi connectivity index (χ1n) is 32.3. The topological polar surface area (TPSA) is 78.9 Å². The summed E-state index contributed by atoms with van der Waals surface area (Å²) in [4.78, 5) is 37.8. The van der Waals surface area contributed by atoms with E-state index in [4.69, 9.17) is 14.2 Å². The van der Waals surface area contributed by atoms with Gasteiger partial charge in [-0.3, -0.25) is 14.4 Å². The lowest BCUT2D eigenvalue weighted by atomic mass is 10.0. The molecule has 0 radical (unpaired) electrons. The predicted octanol–water partition coefficient (Wildman–Crippen LogP) is 21.8. The van der Waals surface area contributed by atoms with Crippen LogP contribution in [0.4, 0.5) is 0 Å². The second-order valence-electron chi connectivity index (χ2n) is 22.0. The minimum Gasteiger partial charge on any atom is -0.462 e. The van der Waals surface area contributed by atoms with E-state index in [9.17, 15) is 14.4 Å². The summed E-state index contributed by atoms with van der Waals surface area (Å²) in [5, 5.41) is 0. The van der Waals surface area contributed by atoms with E-state index in [1.165, 1.54) is 250 Å². The van der Waals surface area contributed by atoms with Crippen molar-refractivity contribution in [1.29, 1.82) is 0 Å². The van der Waals surface area contributed by atoms with Crippen molar-refractivity contribution in [3.63, 3.8) is 0 Å². The lowest BCUT2D eigenvalue weighted by Gasteiger charge is -2.18. The zero-order valence-electron chi connectivity index (χ0n) is 48.7. The van der Waals surface area contributed by atoms with Crippen molar-refractivity contribution in [2.24, 2.45) is 0 Å². The second kappa shape index (κ2) is 61.4. The largest absolute Gasteiger partial charge is 0.462 e. The number of allylic oxidation sites excluding steroid dienone is 4. The normalized spacial score (nSPS) is 12.1. The van der Waals surface area contributed by atoms with Crippen LogP contribution in [0.3, 0.4) is 0 Å². The Kier molecular flexibility index (Phi) is 59.6. The number of unbranched alkanes of at least 4 members (excludes halogenated alkanes) is 45. The molecule has 0 aromatic heterocycles. The molecule has 0 aliphatic carbocycles. The first kappa shape index (κ1) is 69.9. The number of hydrogen-bond donors (Lipinski definition) is 0. The molecule has 424 valence electrons. The lowest BCUT2D eigenvalue weighted by Crippen LogP contribution is -2.30. The summed E-state index contributed by atoms with van der Waals surface area (Å²) in [5.41, 5.74) is 0. The van der Waals surface area contributed by atoms with Gasteiger partial charge in [0.1, 0.15) is 13.2 Å². The molecule has 0 aromatic rings. The molecule has 6 heteroatoms. The van der Waals surface area contributed by atoms with Crippen molar-refractivity contribution in [1.82, 2.24) is 0 Å². The molecule has 0 N–H and O–H groups in total. The maximum atomic E-state index is 12.8. The van der Waals surface area contributed by atoms with E-state index < -0.39 is 6.10 Å². The van der Waals surface area contributed by atoms with Crippen molar-refractivity contribution in [3.8, 4) is 0 Å². The molecule has 0 saturated heterocycles. The Hall–Kier alpha value is -2.11. The van der Waals surface area contributed by atoms with Gasteiger partial charge in [0.2, 0.25) is 0 Å². The van der Waals surface area contributed by atoms with E-state index in [1.807, 2.05) is 0 Å². The fourth-order valence-electron chi connectivity index (χ4n) is 9.79. The Labute approximate surface area is 449 Å². The molecule has 0 aliphatic heterocycles. The SMILES string of the molecule is CCCCCCCCC/C=C\CCCCCCCC(=O)OC(COC(=O)CCCCCCC)COC(=O)CCCCCCCCCCCCCCCCCCCCCCC/C=C\CCCCCCCCCC. The third kappa shape index (κ3) is 58.8. The highest BCUT2D eigenvalue weighted by Crippen LogP contribution is 2.18. The van der Waals surface area contributed by atoms with Gasteiger partial charge in [0, 0.05) is 19.3 Å². The molecule has 0 fully saturated rings. The molecule has 1 atom stereocenters. The summed E-state index contributed by atoms with van der Waals surface area (Å²) in [7, 11) is 0. The smallest absolute Gasteiger partial charge is 0.306 e. The number of rotatable bonds is 60. The first-order valence-corrected chi connectivity index (χ1v) is 32.3. The third-order valence-corrected chi connectivity index (χ3v) is 14.7. The quantitative estimate of drug-likeness (QED) is 0.0261. The van der Waals surface area contributed by atoms with Crippen LogP contribution in [0.15, 0.2) is 24.3 Å². The summed E-state index contributed by atoms with van der Waals surface area (Å²) in [5.74, 6) is -0.873. The summed E-state index contributed by atoms with van der Waals surface area (Å²) in [6.07, 6.45) is 74.0. The fourth-order valence-corrected chi connectivity index (χ4v) is 9.79. The highest BCUT2D eigenvalue weighted by Gasteiger charge is 2.19. The standard InChI is InChI=1S/C66H124O6/c1-4-7-10-13-15-17-19-21-23-25-26-27-28-29-30-31-32-33-34-35-36-37-38-39-40-41-43-44-46-48-50-53-56-59-65(68)71-62-63(61-70-64(67)58-55-52-12-9-6-3)72-66(69)60-57-54-51-49-47-45-42-24-22-20-18-16-14-11-8-5-2/h24-26,42,63H,4-23,27-41,43-62H2,1-3H3/b26-25-,42-24-. The molecule has 0 amide bonds. The van der Waals surface area contributed by atoms with Gasteiger partial charge in [-0.25, -0.2) is 0 Å². The molecule has 0 bridgehead atoms. The van der Waals surface area contributed by atoms with Crippen LogP contribution >= 0.6 is 0 Å². The van der Waals surface area contributed by atoms with Gasteiger partial charge >= 0.3 is 17.9 Å². The fraction of sp³-hybridized carbons (Fsp3) is 0.894. The summed E-state index contributed by atoms with van der Waals surface area (Å²) in [6.45, 7) is 6.60. The molecular weight excluding hydrogens is 889 g/mol. The van der Waals surface area contributed by atoms with Gasteiger partial charge in [0.15, 0.2) is 6.10 Å². The van der Waals surface area contributed by atoms with Gasteiger partial charge < -0.3 is 14.2 Å². The number of esters is 3. The van der Waals surface area contributed by atoms with E-state index in [2.05, 4.69) is 45.1 Å². The van der Waals surface area contributed by atoms with E-state index in [0.29, 0.717) is 19.3 Å². The molecule has 0 spiro atoms. The summed E-state index contributed by atoms with van der Waals surface area (Å²) < 4.78 is 16.7. The third-order valence-electron chi connectivity index (χ3n) is 14.7. The number of carbonyl (C=O) groups excluding carboxylic acids is 3. The Morgan fingerprint density at radius 1 is 0.264 bits per heavy atom. The van der Waals surface area contributed by atoms with E-state index in [1.54, 1.807) is 0 Å². The van der Waals surface area contributed by atoms with Crippen LogP contribution in [0, 0.1) is 0 Å². The molecule has 1 unspecified atom stereocenters. The van der Waals surface area contributed by atoms with Gasteiger partial charge in [-0.05, 0) is 70.6 Å². The van der Waals surface area contributed by atoms with Crippen molar-refractivity contribution in [3.05, 3.63) is 24.3 Å². The van der Waals surface area contributed by atoms with Crippen LogP contribution in [0.5, 0.6) is 0 Å². The monoisotopic (exact) mass is 1010 g/mol. The van der Waals surface area contributed by atoms with E-state index in [0.717, 1.165) is 70.6 Å². The second-order valence-corrected chi connectivity index (χ2v) is 22.0. The highest BCUT2D eigenvalue weighted by atomic mass is 16.6. The molecule has 72 heavy (non-hydrogen) atoms. The van der Waals surface area contributed by atoms with Crippen molar-refractivity contribution >= 4 is 17.9 Å². The highest BCUT2D eigenvalue weighted by molar-refractivity contribution is 5.71. The number of carbonyl (C=O) groups is 3. The molecular formula is C66H124O6. The Morgan fingerprint density at radius 2 is 0.458 bits per heavy atom. The van der Waals surface area contributed by atoms with Crippen molar-refractivity contribution in [2.45, 2.75) is 367 Å². The van der Waals surface area contributed by atoms with Gasteiger partial charge in [0.05, 0.1) is 0 Å². The predicted molar refractivity (Wildman–Crippen MR) is 312 cm³/mol. The van der Waals surface area contributed by atoms with Crippen molar-refractivity contribution < 1.29 is 28.6 Å². The number of ether oxygens (including phenoxy) is 3. The van der Waals surface area contributed by atoms with Crippen LogP contribution < -0.4 is 0 Å². The van der Waals surface area contributed by atoms with E-state index >= 15 is 0 Å². The van der Waals surface area contributed by atoms with Crippen molar-refractivity contribution in [2.75, 3.05) is 13.2 Å². The molecule has 6 nitrogen and oxygen atoms in total. The Morgan fingerprint density at radius 3 is 0.694 bits per heavy atom. The van der Waals surface area contributed by atoms with Crippen LogP contribution in [0.1, 0.15) is 361 Å². The Balaban J connectivity index is 3.88. The van der Waals surface area contributed by atoms with Crippen LogP contribution in [-0.4, -0.2) is 37.2 Å². The van der Waals surface area contributed by atoms with Gasteiger partial charge in [-0.15, -0.1) is 0 Å². The van der Waals surface area contributed by atoms with Gasteiger partial charge in [0.25, 0.3) is 0 Å². The maximum Gasteiger partial charge on any atom is 0.306 e. The van der Waals surface area contributed by atoms with Crippen LogP contribution in [0.2, 0.25) is 0 Å². The maximum absolute atomic E-state index is 12.8. The molecule has 0 aromatic carbocycles. The molecule has 0 rings (SSSR count). The van der Waals surface area contributed by atoms with Gasteiger partial charge in [-0.2, -0.15) is 0 Å². The average Bonchev–Trinajstić information content (AvgIpc) is 3.38. The minimum atomic E-state index is -0.768. The van der Waals surface area contributed by atoms with E-state index in [-0.39, 0.29) is 31.1 Å². The summed E-state index contributed by atoms with van der Waals surface area (Å²) in [6, 6.07) is 0. The summed E-state index contributed by atoms with van der Waals surface area (Å²) >= 11 is 0. The number of hydrogen-bond acceptors (Lipinski definition) is 6. The molecule has 0 saturated carbocycles. The van der Waals surface area contributed by atoms with Crippen LogP contribution in [-0.2, 0) is 28.6 Å². The zero-order valence-corrected chi connectivity index (χ0v) is 48.7. The molecule has 0 heterocycles. The Bertz CT molecular complexity index is 1160. The average molecular weight is 1010 g/mol. The van der Waals surface area contributed by atoms with Gasteiger partial charge in [-0.1, -0.05) is 295 Å². The van der Waals surface area contributed by atoms with Crippen LogP contribution in [0.25, 0.3) is 0 Å².